The first kappa shape index (κ1) is 23.4. The van der Waals surface area contributed by atoms with Crippen molar-refractivity contribution in [1.82, 2.24) is 0 Å². The topological polar surface area (TPSA) is 37.3 Å². The lowest BCUT2D eigenvalue weighted by Crippen LogP contribution is -2.68. The summed E-state index contributed by atoms with van der Waals surface area (Å²) in [6.07, 6.45) is 11.9. The Kier molecular flexibility index (Phi) is 4.85. The van der Waals surface area contributed by atoms with Crippen LogP contribution in [0.25, 0.3) is 0 Å². The molecule has 10 atom stereocenters. The van der Waals surface area contributed by atoms with Gasteiger partial charge in [0.05, 0.1) is 5.60 Å². The van der Waals surface area contributed by atoms with Crippen molar-refractivity contribution >= 4 is 5.78 Å². The predicted octanol–water partition coefficient (Wildman–Crippen LogP) is 7.43. The Hall–Kier alpha value is -0.370. The smallest absolute Gasteiger partial charge is 0.138 e. The Balaban J connectivity index is 1.55. The molecule has 5 aliphatic carbocycles. The van der Waals surface area contributed by atoms with Crippen LogP contribution in [-0.4, -0.2) is 16.5 Å². The number of fused-ring (bicyclic) bond motifs is 7. The molecule has 182 valence electrons. The standard InChI is InChI=1S/C30H50O2/c1-19-24-20-9-10-22-27(5)13-12-23(31)25(2,3)21(27)11-14-29(22,7)28(20,6)17-15-26(24,4)16-18-30(19,8)32/h19-22,24,32H,9-18H2,1-8H3/t19?,20?,21?,22?,24?,26-,27-,28+,29+,30?/m0/s1. The fourth-order valence-corrected chi connectivity index (χ4v) is 11.4. The van der Waals surface area contributed by atoms with Crippen molar-refractivity contribution in [2.24, 2.45) is 56.7 Å². The van der Waals surface area contributed by atoms with Gasteiger partial charge in [-0.15, -0.1) is 0 Å². The maximum Gasteiger partial charge on any atom is 0.138 e. The Morgan fingerprint density at radius 3 is 2.09 bits per heavy atom. The molecule has 5 aliphatic rings. The van der Waals surface area contributed by atoms with Crippen LogP contribution in [0, 0.1) is 56.7 Å². The van der Waals surface area contributed by atoms with Crippen molar-refractivity contribution < 1.29 is 9.90 Å². The van der Waals surface area contributed by atoms with Gasteiger partial charge in [0.25, 0.3) is 0 Å². The van der Waals surface area contributed by atoms with Crippen molar-refractivity contribution in [1.29, 1.82) is 0 Å². The molecule has 0 radical (unpaired) electrons. The number of ketones is 1. The summed E-state index contributed by atoms with van der Waals surface area (Å²) >= 11 is 0. The van der Waals surface area contributed by atoms with E-state index in [4.69, 9.17) is 0 Å². The highest BCUT2D eigenvalue weighted by Gasteiger charge is 2.70. The van der Waals surface area contributed by atoms with Gasteiger partial charge in [-0.3, -0.25) is 4.79 Å². The fourth-order valence-electron chi connectivity index (χ4n) is 11.4. The average molecular weight is 443 g/mol. The molecule has 0 saturated heterocycles. The quantitative estimate of drug-likeness (QED) is 0.423. The molecule has 0 aromatic rings. The molecular formula is C30H50O2. The van der Waals surface area contributed by atoms with Gasteiger partial charge >= 0.3 is 0 Å². The lowest BCUT2D eigenvalue weighted by atomic mass is 9.31. The lowest BCUT2D eigenvalue weighted by Gasteiger charge is -2.73. The second-order valence-corrected chi connectivity index (χ2v) is 15.1. The minimum absolute atomic E-state index is 0.159. The van der Waals surface area contributed by atoms with E-state index in [1.807, 2.05) is 0 Å². The molecule has 1 N–H and O–H groups in total. The van der Waals surface area contributed by atoms with E-state index in [1.165, 1.54) is 44.9 Å². The molecule has 0 spiro atoms. The highest BCUT2D eigenvalue weighted by atomic mass is 16.3. The van der Waals surface area contributed by atoms with Crippen LogP contribution in [-0.2, 0) is 4.79 Å². The van der Waals surface area contributed by atoms with Gasteiger partial charge in [0, 0.05) is 11.8 Å². The minimum atomic E-state index is -0.516. The summed E-state index contributed by atoms with van der Waals surface area (Å²) in [6.45, 7) is 19.5. The first-order valence-electron chi connectivity index (χ1n) is 13.9. The predicted molar refractivity (Wildman–Crippen MR) is 131 cm³/mol. The molecule has 5 saturated carbocycles. The molecule has 0 aromatic heterocycles. The third kappa shape index (κ3) is 2.66. The molecule has 0 bridgehead atoms. The number of Topliss-reactive ketones (excluding diaryl/α,β-unsaturated/α-hetero) is 1. The highest BCUT2D eigenvalue weighted by Crippen LogP contribution is 2.76. The van der Waals surface area contributed by atoms with Crippen LogP contribution in [0.15, 0.2) is 0 Å². The van der Waals surface area contributed by atoms with Gasteiger partial charge in [-0.1, -0.05) is 48.5 Å². The van der Waals surface area contributed by atoms with Crippen molar-refractivity contribution in [2.75, 3.05) is 0 Å². The van der Waals surface area contributed by atoms with Gasteiger partial charge < -0.3 is 5.11 Å². The number of rotatable bonds is 0. The fraction of sp³-hybridized carbons (Fsp3) is 0.967. The number of carbonyl (C=O) groups excluding carboxylic acids is 1. The second-order valence-electron chi connectivity index (χ2n) is 15.1. The van der Waals surface area contributed by atoms with Gasteiger partial charge in [-0.05, 0) is 116 Å². The third-order valence-electron chi connectivity index (χ3n) is 13.9. The molecule has 6 unspecified atom stereocenters. The summed E-state index contributed by atoms with van der Waals surface area (Å²) < 4.78 is 0. The summed E-state index contributed by atoms with van der Waals surface area (Å²) in [5.74, 6) is 3.52. The molecule has 5 rings (SSSR count). The van der Waals surface area contributed by atoms with E-state index < -0.39 is 5.60 Å². The molecule has 32 heavy (non-hydrogen) atoms. The van der Waals surface area contributed by atoms with E-state index in [9.17, 15) is 9.90 Å². The number of hydrogen-bond acceptors (Lipinski definition) is 2. The Morgan fingerprint density at radius 2 is 1.41 bits per heavy atom. The van der Waals surface area contributed by atoms with Crippen molar-refractivity contribution in [2.45, 2.75) is 125 Å². The van der Waals surface area contributed by atoms with Crippen LogP contribution in [0.4, 0.5) is 0 Å². The summed E-state index contributed by atoms with van der Waals surface area (Å²) in [6, 6.07) is 0. The molecule has 5 fully saturated rings. The van der Waals surface area contributed by atoms with Crippen LogP contribution >= 0.6 is 0 Å². The van der Waals surface area contributed by atoms with Crippen LogP contribution < -0.4 is 0 Å². The normalized spacial score (nSPS) is 59.4. The molecular weight excluding hydrogens is 392 g/mol. The summed E-state index contributed by atoms with van der Waals surface area (Å²) in [5, 5.41) is 11.3. The zero-order chi connectivity index (χ0) is 23.5. The van der Waals surface area contributed by atoms with E-state index in [1.54, 1.807) is 0 Å². The summed E-state index contributed by atoms with van der Waals surface area (Å²) in [4.78, 5) is 12.9. The van der Waals surface area contributed by atoms with Crippen LogP contribution in [0.1, 0.15) is 120 Å². The number of hydrogen-bond donors (Lipinski definition) is 1. The van der Waals surface area contributed by atoms with Gasteiger partial charge in [-0.25, -0.2) is 0 Å². The van der Waals surface area contributed by atoms with Crippen LogP contribution in [0.5, 0.6) is 0 Å². The maximum atomic E-state index is 12.9. The molecule has 0 heterocycles. The summed E-state index contributed by atoms with van der Waals surface area (Å²) in [5.41, 5.74) is 0.715. The minimum Gasteiger partial charge on any atom is -0.390 e. The van der Waals surface area contributed by atoms with Gasteiger partial charge in [0.2, 0.25) is 0 Å². The van der Waals surface area contributed by atoms with Crippen molar-refractivity contribution in [3.05, 3.63) is 0 Å². The monoisotopic (exact) mass is 442 g/mol. The SMILES string of the molecule is CC1C2C3CCC4[C@@]5(C)CCC(=O)C(C)(C)C5CC[C@@]4(C)[C@]3(C)CC[C@@]2(C)CCC1(C)O. The summed E-state index contributed by atoms with van der Waals surface area (Å²) in [7, 11) is 0. The number of carbonyl (C=O) groups is 1. The largest absolute Gasteiger partial charge is 0.390 e. The molecule has 2 nitrogen and oxygen atoms in total. The van der Waals surface area contributed by atoms with E-state index >= 15 is 0 Å². The van der Waals surface area contributed by atoms with Gasteiger partial charge in [0.15, 0.2) is 0 Å². The van der Waals surface area contributed by atoms with Crippen molar-refractivity contribution in [3.8, 4) is 0 Å². The van der Waals surface area contributed by atoms with Crippen LogP contribution in [0.2, 0.25) is 0 Å². The molecule has 0 amide bonds. The Morgan fingerprint density at radius 1 is 0.750 bits per heavy atom. The second kappa shape index (κ2) is 6.64. The Bertz CT molecular complexity index is 812. The van der Waals surface area contributed by atoms with Gasteiger partial charge in [0.1, 0.15) is 5.78 Å². The van der Waals surface area contributed by atoms with E-state index in [2.05, 4.69) is 55.4 Å². The van der Waals surface area contributed by atoms with E-state index in [0.717, 1.165) is 31.1 Å². The molecule has 0 aromatic carbocycles. The lowest BCUT2D eigenvalue weighted by molar-refractivity contribution is -0.254. The zero-order valence-electron chi connectivity index (χ0n) is 22.3. The average Bonchev–Trinajstić information content (AvgIpc) is 2.70. The third-order valence-corrected chi connectivity index (χ3v) is 13.9. The molecule has 2 heteroatoms. The number of aliphatic hydroxyl groups is 1. The van der Waals surface area contributed by atoms with Crippen LogP contribution in [0.3, 0.4) is 0 Å². The maximum absolute atomic E-state index is 12.9. The van der Waals surface area contributed by atoms with E-state index in [0.29, 0.717) is 45.2 Å². The van der Waals surface area contributed by atoms with E-state index in [-0.39, 0.29) is 5.41 Å². The highest BCUT2D eigenvalue weighted by molar-refractivity contribution is 5.85. The van der Waals surface area contributed by atoms with Crippen molar-refractivity contribution in [3.63, 3.8) is 0 Å². The Labute approximate surface area is 197 Å². The molecule has 0 aliphatic heterocycles. The first-order chi connectivity index (χ1) is 14.6. The zero-order valence-corrected chi connectivity index (χ0v) is 22.3. The van der Waals surface area contributed by atoms with Gasteiger partial charge in [-0.2, -0.15) is 0 Å². The first-order valence-corrected chi connectivity index (χ1v) is 13.9.